The Morgan fingerprint density at radius 2 is 2.24 bits per heavy atom. The van der Waals surface area contributed by atoms with E-state index >= 15 is 0 Å². The van der Waals surface area contributed by atoms with Crippen LogP contribution in [0.2, 0.25) is 5.02 Å². The van der Waals surface area contributed by atoms with Gasteiger partial charge in [-0.15, -0.1) is 0 Å². The first-order valence-corrected chi connectivity index (χ1v) is 8.15. The van der Waals surface area contributed by atoms with Crippen molar-refractivity contribution in [3.05, 3.63) is 34.9 Å². The fourth-order valence-electron chi connectivity index (χ4n) is 2.82. The van der Waals surface area contributed by atoms with Gasteiger partial charge in [0.25, 0.3) is 0 Å². The zero-order valence-corrected chi connectivity index (χ0v) is 13.8. The standard InChI is InChI=1S/C17H26ClNO2/c1-14(2)21-13-17(20)8-4-9-19(12-17)10-7-15-5-3-6-16(18)11-15/h3,5-6,11,14,20H,4,7-10,12-13H2,1-2H3. The van der Waals surface area contributed by atoms with Crippen LogP contribution in [-0.4, -0.2) is 48.0 Å². The average molecular weight is 312 g/mol. The third-order valence-electron chi connectivity index (χ3n) is 3.93. The monoisotopic (exact) mass is 311 g/mol. The molecule has 1 aliphatic heterocycles. The highest BCUT2D eigenvalue weighted by atomic mass is 35.5. The van der Waals surface area contributed by atoms with Crippen LogP contribution in [0.4, 0.5) is 0 Å². The van der Waals surface area contributed by atoms with Gasteiger partial charge in [-0.3, -0.25) is 0 Å². The van der Waals surface area contributed by atoms with Gasteiger partial charge in [-0.2, -0.15) is 0 Å². The first kappa shape index (κ1) is 16.8. The fourth-order valence-corrected chi connectivity index (χ4v) is 3.03. The molecule has 1 aromatic rings. The van der Waals surface area contributed by atoms with Crippen molar-refractivity contribution in [2.45, 2.75) is 44.8 Å². The molecule has 1 aliphatic rings. The minimum absolute atomic E-state index is 0.163. The van der Waals surface area contributed by atoms with E-state index in [2.05, 4.69) is 11.0 Å². The second kappa shape index (κ2) is 7.59. The summed E-state index contributed by atoms with van der Waals surface area (Å²) < 4.78 is 5.62. The summed E-state index contributed by atoms with van der Waals surface area (Å²) >= 11 is 6.01. The van der Waals surface area contributed by atoms with Gasteiger partial charge in [0.2, 0.25) is 0 Å². The lowest BCUT2D eigenvalue weighted by atomic mass is 9.93. The molecule has 1 N–H and O–H groups in total. The van der Waals surface area contributed by atoms with Crippen molar-refractivity contribution >= 4 is 11.6 Å². The molecular weight excluding hydrogens is 286 g/mol. The minimum Gasteiger partial charge on any atom is -0.386 e. The number of piperidine rings is 1. The number of nitrogens with zero attached hydrogens (tertiary/aromatic N) is 1. The average Bonchev–Trinajstić information content (AvgIpc) is 2.43. The third-order valence-corrected chi connectivity index (χ3v) is 4.16. The zero-order valence-electron chi connectivity index (χ0n) is 13.0. The Labute approximate surface area is 132 Å². The molecule has 21 heavy (non-hydrogen) atoms. The summed E-state index contributed by atoms with van der Waals surface area (Å²) in [6.07, 6.45) is 2.97. The largest absolute Gasteiger partial charge is 0.386 e. The van der Waals surface area contributed by atoms with Crippen LogP contribution in [0, 0.1) is 0 Å². The van der Waals surface area contributed by atoms with Crippen molar-refractivity contribution in [1.82, 2.24) is 4.90 Å². The number of benzene rings is 1. The van der Waals surface area contributed by atoms with Crippen molar-refractivity contribution in [2.75, 3.05) is 26.2 Å². The number of halogens is 1. The molecule has 1 unspecified atom stereocenters. The lowest BCUT2D eigenvalue weighted by Crippen LogP contribution is -2.51. The maximum atomic E-state index is 10.6. The zero-order chi connectivity index (χ0) is 15.3. The highest BCUT2D eigenvalue weighted by Gasteiger charge is 2.33. The highest BCUT2D eigenvalue weighted by molar-refractivity contribution is 6.30. The quantitative estimate of drug-likeness (QED) is 0.876. The van der Waals surface area contributed by atoms with Crippen LogP contribution in [0.3, 0.4) is 0 Å². The molecular formula is C17H26ClNO2. The van der Waals surface area contributed by atoms with E-state index in [4.69, 9.17) is 16.3 Å². The van der Waals surface area contributed by atoms with Gasteiger partial charge in [-0.1, -0.05) is 23.7 Å². The molecule has 0 spiro atoms. The summed E-state index contributed by atoms with van der Waals surface area (Å²) in [5, 5.41) is 11.4. The van der Waals surface area contributed by atoms with Crippen LogP contribution in [0.25, 0.3) is 0 Å². The van der Waals surface area contributed by atoms with Gasteiger partial charge in [0, 0.05) is 18.1 Å². The molecule has 0 amide bonds. The van der Waals surface area contributed by atoms with E-state index in [1.807, 2.05) is 32.0 Å². The van der Waals surface area contributed by atoms with Gasteiger partial charge in [-0.05, 0) is 57.4 Å². The smallest absolute Gasteiger partial charge is 0.101 e. The van der Waals surface area contributed by atoms with Gasteiger partial charge in [0.1, 0.15) is 5.60 Å². The van der Waals surface area contributed by atoms with Gasteiger partial charge in [-0.25, -0.2) is 0 Å². The predicted molar refractivity (Wildman–Crippen MR) is 86.9 cm³/mol. The van der Waals surface area contributed by atoms with Crippen LogP contribution in [0.15, 0.2) is 24.3 Å². The van der Waals surface area contributed by atoms with Crippen LogP contribution in [-0.2, 0) is 11.2 Å². The molecule has 1 atom stereocenters. The molecule has 0 aliphatic carbocycles. The number of β-amino-alcohol motifs (C(OH)–C–C–N with tert-alkyl or cyclic N) is 1. The van der Waals surface area contributed by atoms with Crippen LogP contribution in [0.5, 0.6) is 0 Å². The summed E-state index contributed by atoms with van der Waals surface area (Å²) in [7, 11) is 0. The van der Waals surface area contributed by atoms with Gasteiger partial charge in [0.15, 0.2) is 0 Å². The lowest BCUT2D eigenvalue weighted by Gasteiger charge is -2.39. The first-order valence-electron chi connectivity index (χ1n) is 7.78. The van der Waals surface area contributed by atoms with Gasteiger partial charge < -0.3 is 14.7 Å². The maximum absolute atomic E-state index is 10.6. The Hall–Kier alpha value is -0.610. The van der Waals surface area contributed by atoms with Crippen molar-refractivity contribution in [3.63, 3.8) is 0 Å². The van der Waals surface area contributed by atoms with Crippen LogP contribution < -0.4 is 0 Å². The van der Waals surface area contributed by atoms with Crippen molar-refractivity contribution in [2.24, 2.45) is 0 Å². The van der Waals surface area contributed by atoms with E-state index in [0.29, 0.717) is 13.2 Å². The topological polar surface area (TPSA) is 32.7 Å². The number of hydrogen-bond acceptors (Lipinski definition) is 3. The van der Waals surface area contributed by atoms with E-state index < -0.39 is 5.60 Å². The Morgan fingerprint density at radius 3 is 2.95 bits per heavy atom. The molecule has 118 valence electrons. The van der Waals surface area contributed by atoms with E-state index in [0.717, 1.165) is 37.4 Å². The Kier molecular flexibility index (Phi) is 6.06. The first-order chi connectivity index (χ1) is 9.97. The fraction of sp³-hybridized carbons (Fsp3) is 0.647. The number of ether oxygens (including phenoxy) is 1. The van der Waals surface area contributed by atoms with Crippen molar-refractivity contribution in [1.29, 1.82) is 0 Å². The summed E-state index contributed by atoms with van der Waals surface area (Å²) in [6, 6.07) is 8.00. The third kappa shape index (κ3) is 5.59. The number of likely N-dealkylation sites (tertiary alicyclic amines) is 1. The van der Waals surface area contributed by atoms with Crippen molar-refractivity contribution in [3.8, 4) is 0 Å². The molecule has 0 saturated carbocycles. The van der Waals surface area contributed by atoms with Crippen molar-refractivity contribution < 1.29 is 9.84 Å². The summed E-state index contributed by atoms with van der Waals surface area (Å²) in [5.41, 5.74) is 0.548. The molecule has 1 aromatic carbocycles. The molecule has 1 saturated heterocycles. The second-order valence-electron chi connectivity index (χ2n) is 6.34. The molecule has 0 bridgehead atoms. The summed E-state index contributed by atoms with van der Waals surface area (Å²) in [4.78, 5) is 2.33. The molecule has 4 heteroatoms. The van der Waals surface area contributed by atoms with Crippen LogP contribution in [0.1, 0.15) is 32.3 Å². The second-order valence-corrected chi connectivity index (χ2v) is 6.78. The normalized spacial score (nSPS) is 23.7. The van der Waals surface area contributed by atoms with E-state index in [1.165, 1.54) is 5.56 Å². The Bertz CT molecular complexity index is 452. The number of hydrogen-bond donors (Lipinski definition) is 1. The SMILES string of the molecule is CC(C)OCC1(O)CCCN(CCc2cccc(Cl)c2)C1. The molecule has 0 radical (unpaired) electrons. The van der Waals surface area contributed by atoms with Gasteiger partial charge >= 0.3 is 0 Å². The molecule has 3 nitrogen and oxygen atoms in total. The minimum atomic E-state index is -0.698. The Balaban J connectivity index is 1.83. The molecule has 1 heterocycles. The molecule has 2 rings (SSSR count). The predicted octanol–water partition coefficient (Wildman–Crippen LogP) is 3.13. The number of rotatable bonds is 6. The van der Waals surface area contributed by atoms with E-state index in [9.17, 15) is 5.11 Å². The van der Waals surface area contributed by atoms with E-state index in [-0.39, 0.29) is 6.10 Å². The van der Waals surface area contributed by atoms with Crippen LogP contribution >= 0.6 is 11.6 Å². The van der Waals surface area contributed by atoms with E-state index in [1.54, 1.807) is 0 Å². The molecule has 1 fully saturated rings. The molecule has 0 aromatic heterocycles. The summed E-state index contributed by atoms with van der Waals surface area (Å²) in [5.74, 6) is 0. The lowest BCUT2D eigenvalue weighted by molar-refractivity contribution is -0.0995. The Morgan fingerprint density at radius 1 is 1.43 bits per heavy atom. The summed E-state index contributed by atoms with van der Waals surface area (Å²) in [6.45, 7) is 7.12. The highest BCUT2D eigenvalue weighted by Crippen LogP contribution is 2.22. The maximum Gasteiger partial charge on any atom is 0.101 e. The van der Waals surface area contributed by atoms with Gasteiger partial charge in [0.05, 0.1) is 12.7 Å². The number of aliphatic hydroxyl groups is 1.